The number of carbonyl (C=O) groups is 1. The van der Waals surface area contributed by atoms with Gasteiger partial charge in [0.05, 0.1) is 10.8 Å². The quantitative estimate of drug-likeness (QED) is 0.276. The van der Waals surface area contributed by atoms with E-state index in [1.807, 2.05) is 0 Å². The van der Waals surface area contributed by atoms with E-state index in [0.717, 1.165) is 4.47 Å². The van der Waals surface area contributed by atoms with Crippen LogP contribution in [0.15, 0.2) is 58.2 Å². The van der Waals surface area contributed by atoms with E-state index in [1.165, 1.54) is 24.3 Å². The molecule has 24 heavy (non-hydrogen) atoms. The predicted octanol–water partition coefficient (Wildman–Crippen LogP) is 3.32. The molecular formula is C16H14BrN3O4. The van der Waals surface area contributed by atoms with Crippen molar-refractivity contribution in [1.29, 1.82) is 0 Å². The summed E-state index contributed by atoms with van der Waals surface area (Å²) >= 11 is 3.31. The summed E-state index contributed by atoms with van der Waals surface area (Å²) in [6, 6.07) is 12.7. The van der Waals surface area contributed by atoms with Gasteiger partial charge in [0.1, 0.15) is 0 Å². The SMILES string of the molecule is CC(C(=O)ON=C(N)c1ccc(Br)cc1)c1ccc([N+](=O)[O-])cc1. The van der Waals surface area contributed by atoms with Gasteiger partial charge in [-0.2, -0.15) is 0 Å². The van der Waals surface area contributed by atoms with E-state index in [1.54, 1.807) is 31.2 Å². The molecule has 0 aromatic heterocycles. The minimum absolute atomic E-state index is 0.0446. The second-order valence-electron chi connectivity index (χ2n) is 4.96. The standard InChI is InChI=1S/C16H14BrN3O4/c1-10(11-4-8-14(9-5-11)20(22)23)16(21)24-19-15(18)12-2-6-13(17)7-3-12/h2-10H,1H3,(H2,18,19). The van der Waals surface area contributed by atoms with Crippen molar-refractivity contribution >= 4 is 33.4 Å². The number of non-ortho nitro benzene ring substituents is 1. The van der Waals surface area contributed by atoms with Gasteiger partial charge in [0, 0.05) is 22.2 Å². The van der Waals surface area contributed by atoms with Crippen LogP contribution in [0.25, 0.3) is 0 Å². The van der Waals surface area contributed by atoms with Crippen molar-refractivity contribution in [1.82, 2.24) is 0 Å². The number of nitrogens with two attached hydrogens (primary N) is 1. The van der Waals surface area contributed by atoms with E-state index < -0.39 is 16.8 Å². The predicted molar refractivity (Wildman–Crippen MR) is 92.5 cm³/mol. The molecule has 2 aromatic carbocycles. The third-order valence-corrected chi connectivity index (χ3v) is 3.86. The monoisotopic (exact) mass is 391 g/mol. The summed E-state index contributed by atoms with van der Waals surface area (Å²) in [5, 5.41) is 14.3. The minimum Gasteiger partial charge on any atom is -0.380 e. The lowest BCUT2D eigenvalue weighted by Gasteiger charge is -2.08. The van der Waals surface area contributed by atoms with Gasteiger partial charge in [-0.05, 0) is 24.6 Å². The molecule has 0 saturated carbocycles. The zero-order chi connectivity index (χ0) is 17.7. The first-order valence-electron chi connectivity index (χ1n) is 6.93. The number of oxime groups is 1. The first-order chi connectivity index (χ1) is 11.4. The zero-order valence-electron chi connectivity index (χ0n) is 12.7. The van der Waals surface area contributed by atoms with Crippen LogP contribution in [0, 0.1) is 10.1 Å². The van der Waals surface area contributed by atoms with E-state index in [4.69, 9.17) is 10.6 Å². The Hall–Kier alpha value is -2.74. The third-order valence-electron chi connectivity index (χ3n) is 3.33. The first kappa shape index (κ1) is 17.6. The van der Waals surface area contributed by atoms with Crippen LogP contribution in [0.2, 0.25) is 0 Å². The summed E-state index contributed by atoms with van der Waals surface area (Å²) in [5.74, 6) is -1.16. The van der Waals surface area contributed by atoms with Gasteiger partial charge in [0.2, 0.25) is 0 Å². The number of halogens is 1. The van der Waals surface area contributed by atoms with Crippen LogP contribution < -0.4 is 5.73 Å². The van der Waals surface area contributed by atoms with E-state index in [-0.39, 0.29) is 11.5 Å². The van der Waals surface area contributed by atoms with Crippen molar-refractivity contribution in [2.24, 2.45) is 10.9 Å². The fourth-order valence-electron chi connectivity index (χ4n) is 1.87. The average Bonchev–Trinajstić information content (AvgIpc) is 2.59. The molecule has 0 bridgehead atoms. The minimum atomic E-state index is -0.632. The fraction of sp³-hybridized carbons (Fsp3) is 0.125. The Kier molecular flexibility index (Phi) is 5.64. The van der Waals surface area contributed by atoms with Crippen molar-refractivity contribution in [3.05, 3.63) is 74.2 Å². The number of nitro groups is 1. The van der Waals surface area contributed by atoms with E-state index in [0.29, 0.717) is 11.1 Å². The first-order valence-corrected chi connectivity index (χ1v) is 7.72. The Morgan fingerprint density at radius 2 is 1.79 bits per heavy atom. The molecule has 0 amide bonds. The molecule has 0 aliphatic carbocycles. The summed E-state index contributed by atoms with van der Waals surface area (Å²) in [7, 11) is 0. The average molecular weight is 392 g/mol. The number of amidine groups is 1. The molecule has 124 valence electrons. The van der Waals surface area contributed by atoms with Gasteiger partial charge in [0.15, 0.2) is 5.84 Å². The lowest BCUT2D eigenvalue weighted by Crippen LogP contribution is -2.17. The number of nitrogens with zero attached hydrogens (tertiary/aromatic N) is 2. The highest BCUT2D eigenvalue weighted by Gasteiger charge is 2.18. The largest absolute Gasteiger partial charge is 0.380 e. The smallest absolute Gasteiger partial charge is 0.342 e. The number of hydrogen-bond acceptors (Lipinski definition) is 5. The fourth-order valence-corrected chi connectivity index (χ4v) is 2.13. The Morgan fingerprint density at radius 1 is 1.21 bits per heavy atom. The topological polar surface area (TPSA) is 108 Å². The van der Waals surface area contributed by atoms with Gasteiger partial charge >= 0.3 is 5.97 Å². The highest BCUT2D eigenvalue weighted by Crippen LogP contribution is 2.20. The molecule has 2 aromatic rings. The molecule has 0 radical (unpaired) electrons. The van der Waals surface area contributed by atoms with Crippen LogP contribution in [-0.2, 0) is 9.63 Å². The molecule has 0 aliphatic rings. The molecule has 2 N–H and O–H groups in total. The van der Waals surface area contributed by atoms with Crippen LogP contribution in [0.5, 0.6) is 0 Å². The second kappa shape index (κ2) is 7.69. The zero-order valence-corrected chi connectivity index (χ0v) is 14.3. The highest BCUT2D eigenvalue weighted by molar-refractivity contribution is 9.10. The molecule has 7 nitrogen and oxygen atoms in total. The Bertz CT molecular complexity index is 773. The molecule has 0 heterocycles. The Balaban J connectivity index is 2.04. The molecule has 2 rings (SSSR count). The molecule has 0 spiro atoms. The van der Waals surface area contributed by atoms with E-state index in [9.17, 15) is 14.9 Å². The van der Waals surface area contributed by atoms with E-state index in [2.05, 4.69) is 21.1 Å². The number of benzene rings is 2. The lowest BCUT2D eigenvalue weighted by atomic mass is 10.0. The third kappa shape index (κ3) is 4.39. The maximum atomic E-state index is 12.0. The van der Waals surface area contributed by atoms with Gasteiger partial charge in [-0.1, -0.05) is 45.4 Å². The summed E-state index contributed by atoms with van der Waals surface area (Å²) in [5.41, 5.74) is 6.93. The molecule has 0 aliphatic heterocycles. The molecule has 0 fully saturated rings. The van der Waals surface area contributed by atoms with Crippen LogP contribution in [0.4, 0.5) is 5.69 Å². The summed E-state index contributed by atoms with van der Waals surface area (Å²) in [6.07, 6.45) is 0. The van der Waals surface area contributed by atoms with Crippen LogP contribution >= 0.6 is 15.9 Å². The van der Waals surface area contributed by atoms with Crippen molar-refractivity contribution in [3.63, 3.8) is 0 Å². The molecule has 1 atom stereocenters. The Labute approximate surface area is 146 Å². The van der Waals surface area contributed by atoms with Crippen molar-refractivity contribution < 1.29 is 14.6 Å². The van der Waals surface area contributed by atoms with Crippen LogP contribution in [0.3, 0.4) is 0 Å². The molecule has 8 heteroatoms. The van der Waals surface area contributed by atoms with Gasteiger partial charge in [0.25, 0.3) is 5.69 Å². The highest BCUT2D eigenvalue weighted by atomic mass is 79.9. The second-order valence-corrected chi connectivity index (χ2v) is 5.88. The Morgan fingerprint density at radius 3 is 2.33 bits per heavy atom. The summed E-state index contributed by atoms with van der Waals surface area (Å²) in [6.45, 7) is 1.62. The van der Waals surface area contributed by atoms with Crippen molar-refractivity contribution in [3.8, 4) is 0 Å². The molecule has 0 saturated heterocycles. The van der Waals surface area contributed by atoms with E-state index >= 15 is 0 Å². The lowest BCUT2D eigenvalue weighted by molar-refractivity contribution is -0.384. The van der Waals surface area contributed by atoms with Crippen LogP contribution in [0.1, 0.15) is 24.0 Å². The van der Waals surface area contributed by atoms with Gasteiger partial charge < -0.3 is 10.6 Å². The number of hydrogen-bond donors (Lipinski definition) is 1. The number of carbonyl (C=O) groups excluding carboxylic acids is 1. The van der Waals surface area contributed by atoms with Crippen molar-refractivity contribution in [2.75, 3.05) is 0 Å². The molecular weight excluding hydrogens is 378 g/mol. The van der Waals surface area contributed by atoms with Gasteiger partial charge in [-0.15, -0.1) is 0 Å². The summed E-state index contributed by atoms with van der Waals surface area (Å²) in [4.78, 5) is 27.0. The van der Waals surface area contributed by atoms with Crippen molar-refractivity contribution in [2.45, 2.75) is 12.8 Å². The number of nitro benzene ring substituents is 1. The maximum absolute atomic E-state index is 12.0. The van der Waals surface area contributed by atoms with Crippen LogP contribution in [-0.4, -0.2) is 16.7 Å². The maximum Gasteiger partial charge on any atom is 0.342 e. The number of rotatable bonds is 5. The molecule has 1 unspecified atom stereocenters. The summed E-state index contributed by atoms with van der Waals surface area (Å²) < 4.78 is 0.892. The van der Waals surface area contributed by atoms with Gasteiger partial charge in [-0.3, -0.25) is 10.1 Å². The normalized spacial score (nSPS) is 12.5. The van der Waals surface area contributed by atoms with Gasteiger partial charge in [-0.25, -0.2) is 4.79 Å².